The minimum absolute atomic E-state index is 0.134. The van der Waals surface area contributed by atoms with Crippen molar-refractivity contribution in [1.29, 1.82) is 0 Å². The van der Waals surface area contributed by atoms with Crippen LogP contribution in [0.1, 0.15) is 52.7 Å². The zero-order valence-corrected chi connectivity index (χ0v) is 32.5. The summed E-state index contributed by atoms with van der Waals surface area (Å²) in [6.45, 7) is 13.7. The molecule has 0 saturated heterocycles. The highest BCUT2D eigenvalue weighted by molar-refractivity contribution is 7.26. The van der Waals surface area contributed by atoms with Crippen LogP contribution in [0.3, 0.4) is 0 Å². The maximum absolute atomic E-state index is 2.57. The van der Waals surface area contributed by atoms with Crippen LogP contribution in [-0.4, -0.2) is 4.40 Å². The van der Waals surface area contributed by atoms with E-state index in [1.165, 1.54) is 113 Å². The van der Waals surface area contributed by atoms with Crippen LogP contribution < -0.4 is 0 Å². The van der Waals surface area contributed by atoms with E-state index in [4.69, 9.17) is 0 Å². The van der Waals surface area contributed by atoms with Crippen molar-refractivity contribution in [1.82, 2.24) is 4.40 Å². The summed E-state index contributed by atoms with van der Waals surface area (Å²) in [5, 5.41) is 13.2. The Hall–Kier alpha value is -5.70. The Labute approximate surface area is 319 Å². The summed E-state index contributed by atoms with van der Waals surface area (Å²) in [4.78, 5) is 0. The molecule has 0 N–H and O–H groups in total. The summed E-state index contributed by atoms with van der Waals surface area (Å²) in [6.07, 6.45) is 0. The van der Waals surface area contributed by atoms with Crippen molar-refractivity contribution in [2.75, 3.05) is 0 Å². The number of nitrogens with zero attached hydrogens (tertiary/aromatic N) is 1. The zero-order valence-electron chi connectivity index (χ0n) is 31.6. The molecule has 8 aromatic carbocycles. The van der Waals surface area contributed by atoms with Gasteiger partial charge in [0.2, 0.25) is 0 Å². The van der Waals surface area contributed by atoms with E-state index < -0.39 is 0 Å². The molecule has 0 radical (unpaired) electrons. The molecule has 3 heterocycles. The van der Waals surface area contributed by atoms with Crippen LogP contribution in [0.2, 0.25) is 0 Å². The van der Waals surface area contributed by atoms with E-state index in [2.05, 4.69) is 185 Å². The van der Waals surface area contributed by atoms with Crippen LogP contribution in [-0.2, 0) is 10.8 Å². The van der Waals surface area contributed by atoms with E-state index in [0.29, 0.717) is 0 Å². The Morgan fingerprint density at radius 1 is 0.389 bits per heavy atom. The standard InChI is InChI=1S/C52H41NS/c1-51(2,3)38-19-15-30(16-20-38)32-11-13-34-27-44-41(25-36(34)23-32)42-29-47-48(40-9-7-8-10-46(40)54-47)49-43-26-37-24-33(31-17-21-39(22-18-31)52(4,5)6)12-14-35(37)28-45(43)53(44)50(42)49/h7-29H,1-6H3. The smallest absolute Gasteiger partial charge is 0.0627 e. The van der Waals surface area contributed by atoms with Crippen molar-refractivity contribution in [3.63, 3.8) is 0 Å². The zero-order chi connectivity index (χ0) is 36.7. The largest absolute Gasteiger partial charge is 0.308 e. The lowest BCUT2D eigenvalue weighted by molar-refractivity contribution is 0.590. The molecule has 0 bridgehead atoms. The molecule has 0 amide bonds. The van der Waals surface area contributed by atoms with Crippen LogP contribution in [0.15, 0.2) is 140 Å². The predicted molar refractivity (Wildman–Crippen MR) is 237 cm³/mol. The van der Waals surface area contributed by atoms with Gasteiger partial charge in [0.1, 0.15) is 0 Å². The van der Waals surface area contributed by atoms with Gasteiger partial charge in [-0.1, -0.05) is 133 Å². The van der Waals surface area contributed by atoms with Gasteiger partial charge in [-0.15, -0.1) is 11.3 Å². The molecule has 11 rings (SSSR count). The molecule has 1 nitrogen and oxygen atoms in total. The maximum atomic E-state index is 2.57. The molecule has 2 heteroatoms. The Kier molecular flexibility index (Phi) is 6.44. The molecule has 0 aliphatic rings. The average molecular weight is 712 g/mol. The van der Waals surface area contributed by atoms with E-state index in [1.807, 2.05) is 11.3 Å². The molecule has 0 saturated carbocycles. The van der Waals surface area contributed by atoms with E-state index in [1.54, 1.807) is 0 Å². The van der Waals surface area contributed by atoms with Crippen LogP contribution in [0, 0.1) is 0 Å². The van der Waals surface area contributed by atoms with Gasteiger partial charge in [0.25, 0.3) is 0 Å². The first kappa shape index (κ1) is 31.8. The first-order chi connectivity index (χ1) is 26.0. The lowest BCUT2D eigenvalue weighted by Crippen LogP contribution is -2.10. The van der Waals surface area contributed by atoms with Gasteiger partial charge in [0.05, 0.1) is 16.6 Å². The number of hydrogen-bond acceptors (Lipinski definition) is 1. The molecule has 3 aromatic heterocycles. The molecule has 54 heavy (non-hydrogen) atoms. The summed E-state index contributed by atoms with van der Waals surface area (Å²) in [5.41, 5.74) is 11.9. The summed E-state index contributed by atoms with van der Waals surface area (Å²) < 4.78 is 5.26. The highest BCUT2D eigenvalue weighted by Gasteiger charge is 2.23. The lowest BCUT2D eigenvalue weighted by Gasteiger charge is -2.19. The number of hydrogen-bond donors (Lipinski definition) is 0. The fraction of sp³-hybridized carbons (Fsp3) is 0.154. The van der Waals surface area contributed by atoms with Crippen molar-refractivity contribution in [3.05, 3.63) is 151 Å². The van der Waals surface area contributed by atoms with Gasteiger partial charge >= 0.3 is 0 Å². The molecule has 0 aliphatic carbocycles. The Balaban J connectivity index is 1.17. The predicted octanol–water partition coefficient (Wildman–Crippen LogP) is 15.4. The molecule has 260 valence electrons. The maximum Gasteiger partial charge on any atom is 0.0627 e. The first-order valence-electron chi connectivity index (χ1n) is 19.2. The van der Waals surface area contributed by atoms with Gasteiger partial charge in [-0.3, -0.25) is 0 Å². The van der Waals surface area contributed by atoms with Gasteiger partial charge < -0.3 is 4.40 Å². The van der Waals surface area contributed by atoms with Crippen molar-refractivity contribution in [2.45, 2.75) is 52.4 Å². The SMILES string of the molecule is CC(C)(C)c1ccc(-c2ccc3cc4c(cc3c2)c2cc3sc5ccccc5c3c3c5cc6cc(-c7ccc(C(C)(C)C)cc7)ccc6cc5n4c23)cc1. The van der Waals surface area contributed by atoms with Crippen molar-refractivity contribution in [2.24, 2.45) is 0 Å². The van der Waals surface area contributed by atoms with Crippen LogP contribution in [0.4, 0.5) is 0 Å². The topological polar surface area (TPSA) is 4.41 Å². The second kappa shape index (κ2) is 10.9. The molecule has 0 spiro atoms. The number of fused-ring (bicyclic) bond motifs is 12. The molecule has 0 fully saturated rings. The van der Waals surface area contributed by atoms with E-state index in [0.717, 1.165) is 0 Å². The van der Waals surface area contributed by atoms with Gasteiger partial charge in [-0.25, -0.2) is 0 Å². The summed E-state index contributed by atoms with van der Waals surface area (Å²) in [6, 6.07) is 53.4. The van der Waals surface area contributed by atoms with E-state index >= 15 is 0 Å². The molecule has 11 aromatic rings. The Morgan fingerprint density at radius 3 is 1.48 bits per heavy atom. The third-order valence-electron chi connectivity index (χ3n) is 12.0. The molecule has 0 aliphatic heterocycles. The summed E-state index contributed by atoms with van der Waals surface area (Å²) in [5.74, 6) is 0. The Morgan fingerprint density at radius 2 is 0.907 bits per heavy atom. The quantitative estimate of drug-likeness (QED) is 0.168. The average Bonchev–Trinajstić information content (AvgIpc) is 3.80. The van der Waals surface area contributed by atoms with Gasteiger partial charge in [-0.2, -0.15) is 0 Å². The Bertz CT molecular complexity index is 3300. The molecular formula is C52H41NS. The van der Waals surface area contributed by atoms with Crippen LogP contribution in [0.5, 0.6) is 0 Å². The highest BCUT2D eigenvalue weighted by Crippen LogP contribution is 2.49. The number of rotatable bonds is 2. The van der Waals surface area contributed by atoms with E-state index in [-0.39, 0.29) is 10.8 Å². The number of thiophene rings is 1. The summed E-state index contributed by atoms with van der Waals surface area (Å²) in [7, 11) is 0. The number of aromatic nitrogens is 1. The minimum Gasteiger partial charge on any atom is -0.308 e. The second-order valence-electron chi connectivity index (χ2n) is 17.5. The summed E-state index contributed by atoms with van der Waals surface area (Å²) >= 11 is 1.92. The van der Waals surface area contributed by atoms with Crippen molar-refractivity contribution in [3.8, 4) is 22.3 Å². The monoisotopic (exact) mass is 711 g/mol. The van der Waals surface area contributed by atoms with Gasteiger partial charge in [0.15, 0.2) is 0 Å². The van der Waals surface area contributed by atoms with Crippen LogP contribution >= 0.6 is 11.3 Å². The lowest BCUT2D eigenvalue weighted by atomic mass is 9.86. The normalized spacial score (nSPS) is 13.0. The fourth-order valence-corrected chi connectivity index (χ4v) is 10.1. The number of benzene rings is 8. The van der Waals surface area contributed by atoms with Crippen molar-refractivity contribution >= 4 is 91.1 Å². The van der Waals surface area contributed by atoms with Crippen LogP contribution in [0.25, 0.3) is 102 Å². The third-order valence-corrected chi connectivity index (χ3v) is 13.1. The minimum atomic E-state index is 0.134. The third kappa shape index (κ3) is 4.63. The first-order valence-corrected chi connectivity index (χ1v) is 20.0. The highest BCUT2D eigenvalue weighted by atomic mass is 32.1. The van der Waals surface area contributed by atoms with E-state index in [9.17, 15) is 0 Å². The molecular weight excluding hydrogens is 671 g/mol. The molecule has 0 unspecified atom stereocenters. The second-order valence-corrected chi connectivity index (χ2v) is 18.6. The fourth-order valence-electron chi connectivity index (χ4n) is 8.99. The van der Waals surface area contributed by atoms with Gasteiger partial charge in [0, 0.05) is 41.7 Å². The van der Waals surface area contributed by atoms with Crippen molar-refractivity contribution < 1.29 is 0 Å². The van der Waals surface area contributed by atoms with Gasteiger partial charge in [-0.05, 0) is 114 Å². The molecule has 0 atom stereocenters.